The molecule has 5 heteroatoms. The van der Waals surface area contributed by atoms with Crippen LogP contribution in [0.25, 0.3) is 0 Å². The van der Waals surface area contributed by atoms with E-state index in [1.807, 2.05) is 31.3 Å². The number of aromatic nitrogens is 1. The summed E-state index contributed by atoms with van der Waals surface area (Å²) in [5, 5.41) is 0. The number of ether oxygens (including phenoxy) is 1. The molecule has 3 rings (SSSR count). The van der Waals surface area contributed by atoms with Crippen LogP contribution in [0.4, 0.5) is 0 Å². The first-order valence-electron chi connectivity index (χ1n) is 8.60. The molecule has 1 saturated heterocycles. The van der Waals surface area contributed by atoms with Crippen molar-refractivity contribution in [2.24, 2.45) is 5.92 Å². The van der Waals surface area contributed by atoms with E-state index in [-0.39, 0.29) is 17.9 Å². The molecule has 3 atom stereocenters. The SMILES string of the molecule is CN(C)CCN(C[C@@H]1CCCO1)C(=O)[C@H]1C[C@@H]1c1cccnc1. The molecular weight excluding hydrogens is 290 g/mol. The normalized spacial score (nSPS) is 26.5. The molecule has 1 saturated carbocycles. The largest absolute Gasteiger partial charge is 0.376 e. The molecule has 0 bridgehead atoms. The first-order chi connectivity index (χ1) is 11.1. The lowest BCUT2D eigenvalue weighted by Gasteiger charge is -2.27. The van der Waals surface area contributed by atoms with Gasteiger partial charge in [-0.15, -0.1) is 0 Å². The van der Waals surface area contributed by atoms with Crippen molar-refractivity contribution < 1.29 is 9.53 Å². The predicted octanol–water partition coefficient (Wildman–Crippen LogP) is 1.75. The molecular formula is C18H27N3O2. The van der Waals surface area contributed by atoms with Crippen LogP contribution in [-0.4, -0.2) is 67.1 Å². The second-order valence-corrected chi connectivity index (χ2v) is 6.96. The molecule has 0 N–H and O–H groups in total. The van der Waals surface area contributed by atoms with Gasteiger partial charge in [0.25, 0.3) is 0 Å². The first-order valence-corrected chi connectivity index (χ1v) is 8.60. The van der Waals surface area contributed by atoms with E-state index in [9.17, 15) is 4.79 Å². The summed E-state index contributed by atoms with van der Waals surface area (Å²) in [4.78, 5) is 21.2. The van der Waals surface area contributed by atoms with E-state index in [4.69, 9.17) is 4.74 Å². The van der Waals surface area contributed by atoms with Crippen LogP contribution < -0.4 is 0 Å². The van der Waals surface area contributed by atoms with Crippen molar-refractivity contribution in [3.8, 4) is 0 Å². The summed E-state index contributed by atoms with van der Waals surface area (Å²) in [5.74, 6) is 0.765. The Kier molecular flexibility index (Phi) is 5.28. The van der Waals surface area contributed by atoms with Crippen LogP contribution in [0.2, 0.25) is 0 Å². The number of carbonyl (C=O) groups excluding carboxylic acids is 1. The van der Waals surface area contributed by atoms with Gasteiger partial charge >= 0.3 is 0 Å². The molecule has 0 aromatic carbocycles. The number of nitrogens with zero attached hydrogens (tertiary/aromatic N) is 3. The zero-order valence-electron chi connectivity index (χ0n) is 14.1. The summed E-state index contributed by atoms with van der Waals surface area (Å²) in [6.07, 6.45) is 7.03. The van der Waals surface area contributed by atoms with Gasteiger partial charge in [-0.2, -0.15) is 0 Å². The van der Waals surface area contributed by atoms with Gasteiger partial charge in [0.05, 0.1) is 6.10 Å². The van der Waals surface area contributed by atoms with Gasteiger partial charge in [0.2, 0.25) is 5.91 Å². The quantitative estimate of drug-likeness (QED) is 0.769. The summed E-state index contributed by atoms with van der Waals surface area (Å²) < 4.78 is 5.73. The van der Waals surface area contributed by atoms with Gasteiger partial charge in [0, 0.05) is 44.6 Å². The van der Waals surface area contributed by atoms with E-state index in [1.165, 1.54) is 5.56 Å². The topological polar surface area (TPSA) is 45.7 Å². The van der Waals surface area contributed by atoms with E-state index < -0.39 is 0 Å². The van der Waals surface area contributed by atoms with Gasteiger partial charge < -0.3 is 14.5 Å². The van der Waals surface area contributed by atoms with Crippen molar-refractivity contribution in [3.05, 3.63) is 30.1 Å². The average Bonchev–Trinajstić information content (AvgIpc) is 3.20. The second-order valence-electron chi connectivity index (χ2n) is 6.96. The lowest BCUT2D eigenvalue weighted by atomic mass is 10.1. The van der Waals surface area contributed by atoms with E-state index >= 15 is 0 Å². The molecule has 0 radical (unpaired) electrons. The van der Waals surface area contributed by atoms with Gasteiger partial charge in [-0.3, -0.25) is 9.78 Å². The minimum absolute atomic E-state index is 0.128. The Morgan fingerprint density at radius 2 is 2.26 bits per heavy atom. The van der Waals surface area contributed by atoms with E-state index in [0.717, 1.165) is 45.5 Å². The Morgan fingerprint density at radius 3 is 2.91 bits per heavy atom. The van der Waals surface area contributed by atoms with E-state index in [1.54, 1.807) is 6.20 Å². The summed E-state index contributed by atoms with van der Waals surface area (Å²) in [6, 6.07) is 4.03. The first kappa shape index (κ1) is 16.4. The monoisotopic (exact) mass is 317 g/mol. The Balaban J connectivity index is 1.60. The molecule has 1 aliphatic heterocycles. The van der Waals surface area contributed by atoms with Crippen molar-refractivity contribution in [2.45, 2.75) is 31.3 Å². The molecule has 0 unspecified atom stereocenters. The number of amides is 1. The molecule has 23 heavy (non-hydrogen) atoms. The van der Waals surface area contributed by atoms with Crippen molar-refractivity contribution in [2.75, 3.05) is 40.3 Å². The summed E-state index contributed by atoms with van der Waals surface area (Å²) >= 11 is 0. The number of carbonyl (C=O) groups is 1. The summed E-state index contributed by atoms with van der Waals surface area (Å²) in [6.45, 7) is 3.25. The third-order valence-corrected chi connectivity index (χ3v) is 4.80. The fourth-order valence-corrected chi connectivity index (χ4v) is 3.31. The van der Waals surface area contributed by atoms with Gasteiger partial charge in [-0.05, 0) is 50.9 Å². The third-order valence-electron chi connectivity index (χ3n) is 4.80. The average molecular weight is 317 g/mol. The number of hydrogen-bond donors (Lipinski definition) is 0. The van der Waals surface area contributed by atoms with Crippen molar-refractivity contribution in [1.29, 1.82) is 0 Å². The molecule has 2 heterocycles. The highest BCUT2D eigenvalue weighted by Gasteiger charge is 2.46. The molecule has 126 valence electrons. The number of pyridine rings is 1. The zero-order chi connectivity index (χ0) is 16.2. The molecule has 1 aliphatic carbocycles. The molecule has 2 aliphatic rings. The molecule has 2 fully saturated rings. The number of rotatable bonds is 7. The molecule has 0 spiro atoms. The lowest BCUT2D eigenvalue weighted by Crippen LogP contribution is -2.42. The van der Waals surface area contributed by atoms with Crippen LogP contribution in [0.3, 0.4) is 0 Å². The minimum Gasteiger partial charge on any atom is -0.376 e. The van der Waals surface area contributed by atoms with Crippen LogP contribution in [0.5, 0.6) is 0 Å². The van der Waals surface area contributed by atoms with Crippen LogP contribution in [0, 0.1) is 5.92 Å². The maximum atomic E-state index is 12.9. The lowest BCUT2D eigenvalue weighted by molar-refractivity contribution is -0.134. The zero-order valence-corrected chi connectivity index (χ0v) is 14.1. The molecule has 1 amide bonds. The fraction of sp³-hybridized carbons (Fsp3) is 0.667. The Labute approximate surface area is 138 Å². The van der Waals surface area contributed by atoms with Crippen LogP contribution in [-0.2, 0) is 9.53 Å². The van der Waals surface area contributed by atoms with Gasteiger partial charge in [-0.1, -0.05) is 6.07 Å². The van der Waals surface area contributed by atoms with Gasteiger partial charge in [0.15, 0.2) is 0 Å². The van der Waals surface area contributed by atoms with Gasteiger partial charge in [0.1, 0.15) is 0 Å². The standard InChI is InChI=1S/C18H27N3O2/c1-20(2)8-9-21(13-15-6-4-10-23-15)18(22)17-11-16(17)14-5-3-7-19-12-14/h3,5,7,12,15-17H,4,6,8-11,13H2,1-2H3/t15-,16+,17-/m0/s1. The molecule has 1 aromatic heterocycles. The highest BCUT2D eigenvalue weighted by atomic mass is 16.5. The van der Waals surface area contributed by atoms with E-state index in [2.05, 4.69) is 16.0 Å². The third kappa shape index (κ3) is 4.30. The molecule has 1 aromatic rings. The maximum absolute atomic E-state index is 12.9. The predicted molar refractivity (Wildman–Crippen MR) is 89.2 cm³/mol. The Morgan fingerprint density at radius 1 is 1.39 bits per heavy atom. The van der Waals surface area contributed by atoms with Crippen molar-refractivity contribution in [1.82, 2.24) is 14.8 Å². The van der Waals surface area contributed by atoms with Crippen LogP contribution in [0.1, 0.15) is 30.7 Å². The summed E-state index contributed by atoms with van der Waals surface area (Å²) in [5.41, 5.74) is 1.19. The summed E-state index contributed by atoms with van der Waals surface area (Å²) in [7, 11) is 4.09. The Bertz CT molecular complexity index is 514. The second kappa shape index (κ2) is 7.41. The van der Waals surface area contributed by atoms with Crippen molar-refractivity contribution in [3.63, 3.8) is 0 Å². The van der Waals surface area contributed by atoms with E-state index in [0.29, 0.717) is 5.92 Å². The smallest absolute Gasteiger partial charge is 0.226 e. The minimum atomic E-state index is 0.128. The van der Waals surface area contributed by atoms with Crippen LogP contribution >= 0.6 is 0 Å². The van der Waals surface area contributed by atoms with Crippen molar-refractivity contribution >= 4 is 5.91 Å². The maximum Gasteiger partial charge on any atom is 0.226 e. The Hall–Kier alpha value is -1.46. The fourth-order valence-electron chi connectivity index (χ4n) is 3.31. The highest BCUT2D eigenvalue weighted by Crippen LogP contribution is 2.48. The number of likely N-dealkylation sites (N-methyl/N-ethyl adjacent to an activating group) is 1. The molecule has 5 nitrogen and oxygen atoms in total. The van der Waals surface area contributed by atoms with Gasteiger partial charge in [-0.25, -0.2) is 0 Å². The highest BCUT2D eigenvalue weighted by molar-refractivity contribution is 5.83. The number of hydrogen-bond acceptors (Lipinski definition) is 4. The van der Waals surface area contributed by atoms with Crippen LogP contribution in [0.15, 0.2) is 24.5 Å².